The molecule has 0 saturated carbocycles. The molecule has 4 rings (SSSR count). The van der Waals surface area contributed by atoms with E-state index in [9.17, 15) is 9.18 Å². The number of carbonyl (C=O) groups is 1. The SMILES string of the molecule is Cc1nc2ccc(C(=O)N[C@H](c3ccc(F)cc3)[C@H]3CCCO3)cc2nc1C. The lowest BCUT2D eigenvalue weighted by Crippen LogP contribution is -2.36. The maximum Gasteiger partial charge on any atom is 0.251 e. The minimum absolute atomic E-state index is 0.125. The highest BCUT2D eigenvalue weighted by Gasteiger charge is 2.29. The highest BCUT2D eigenvalue weighted by Crippen LogP contribution is 2.28. The number of aromatic nitrogens is 2. The Labute approximate surface area is 163 Å². The van der Waals surface area contributed by atoms with Gasteiger partial charge in [0.2, 0.25) is 0 Å². The zero-order chi connectivity index (χ0) is 19.7. The average Bonchev–Trinajstić information content (AvgIpc) is 3.22. The predicted octanol–water partition coefficient (Wildman–Crippen LogP) is 4.04. The van der Waals surface area contributed by atoms with Crippen LogP contribution in [0.1, 0.15) is 46.2 Å². The topological polar surface area (TPSA) is 64.1 Å². The summed E-state index contributed by atoms with van der Waals surface area (Å²) in [6, 6.07) is 11.2. The van der Waals surface area contributed by atoms with Crippen LogP contribution in [0.15, 0.2) is 42.5 Å². The summed E-state index contributed by atoms with van der Waals surface area (Å²) in [5, 5.41) is 3.07. The first-order valence-corrected chi connectivity index (χ1v) is 9.44. The van der Waals surface area contributed by atoms with E-state index in [0.29, 0.717) is 17.7 Å². The molecule has 0 spiro atoms. The van der Waals surface area contributed by atoms with Gasteiger partial charge in [-0.2, -0.15) is 0 Å². The van der Waals surface area contributed by atoms with Crippen LogP contribution in [-0.2, 0) is 4.74 Å². The Morgan fingerprint density at radius 3 is 2.50 bits per heavy atom. The molecule has 0 aliphatic carbocycles. The quantitative estimate of drug-likeness (QED) is 0.743. The van der Waals surface area contributed by atoms with Crippen LogP contribution in [0.3, 0.4) is 0 Å². The Morgan fingerprint density at radius 2 is 1.82 bits per heavy atom. The Balaban J connectivity index is 1.62. The number of fused-ring (bicyclic) bond motifs is 1. The number of hydrogen-bond donors (Lipinski definition) is 1. The van der Waals surface area contributed by atoms with Crippen molar-refractivity contribution in [1.29, 1.82) is 0 Å². The van der Waals surface area contributed by atoms with E-state index in [0.717, 1.165) is 35.3 Å². The van der Waals surface area contributed by atoms with E-state index >= 15 is 0 Å². The Kier molecular flexibility index (Phi) is 5.05. The number of ether oxygens (including phenoxy) is 1. The maximum absolute atomic E-state index is 13.3. The van der Waals surface area contributed by atoms with E-state index in [4.69, 9.17) is 4.74 Å². The van der Waals surface area contributed by atoms with Gasteiger partial charge < -0.3 is 10.1 Å². The minimum atomic E-state index is -0.336. The van der Waals surface area contributed by atoms with Gasteiger partial charge in [0.05, 0.1) is 34.6 Å². The minimum Gasteiger partial charge on any atom is -0.376 e. The molecular weight excluding hydrogens is 357 g/mol. The number of aryl methyl sites for hydroxylation is 2. The van der Waals surface area contributed by atoms with Gasteiger partial charge in [0.1, 0.15) is 5.82 Å². The monoisotopic (exact) mass is 379 g/mol. The number of amides is 1. The third-order valence-electron chi connectivity index (χ3n) is 5.19. The van der Waals surface area contributed by atoms with Crippen LogP contribution in [0.25, 0.3) is 11.0 Å². The largest absolute Gasteiger partial charge is 0.376 e. The lowest BCUT2D eigenvalue weighted by atomic mass is 9.98. The summed E-state index contributed by atoms with van der Waals surface area (Å²) < 4.78 is 19.1. The second-order valence-electron chi connectivity index (χ2n) is 7.15. The van der Waals surface area contributed by atoms with Gasteiger partial charge in [0.25, 0.3) is 5.91 Å². The summed E-state index contributed by atoms with van der Waals surface area (Å²) in [5.41, 5.74) is 4.50. The van der Waals surface area contributed by atoms with E-state index in [1.54, 1.807) is 24.3 Å². The van der Waals surface area contributed by atoms with Crippen LogP contribution in [0.5, 0.6) is 0 Å². The average molecular weight is 379 g/mol. The van der Waals surface area contributed by atoms with Crippen molar-refractivity contribution in [3.05, 3.63) is 70.8 Å². The molecule has 1 aliphatic heterocycles. The van der Waals surface area contributed by atoms with Crippen LogP contribution >= 0.6 is 0 Å². The number of nitrogens with one attached hydrogen (secondary N) is 1. The van der Waals surface area contributed by atoms with E-state index in [1.807, 2.05) is 19.9 Å². The standard InChI is InChI=1S/C22H22FN3O2/c1-13-14(2)25-19-12-16(7-10-18(19)24-13)22(27)26-21(20-4-3-11-28-20)15-5-8-17(23)9-6-15/h5-10,12,20-21H,3-4,11H2,1-2H3,(H,26,27)/t20-,21-/m1/s1. The van der Waals surface area contributed by atoms with Crippen molar-refractivity contribution in [1.82, 2.24) is 15.3 Å². The second-order valence-corrected chi connectivity index (χ2v) is 7.15. The van der Waals surface area contributed by atoms with Crippen LogP contribution in [0.4, 0.5) is 4.39 Å². The molecule has 3 aromatic rings. The Morgan fingerprint density at radius 1 is 1.11 bits per heavy atom. The number of nitrogens with zero attached hydrogens (tertiary/aromatic N) is 2. The molecule has 1 saturated heterocycles. The molecule has 6 heteroatoms. The molecule has 2 atom stereocenters. The predicted molar refractivity (Wildman–Crippen MR) is 105 cm³/mol. The van der Waals surface area contributed by atoms with Crippen molar-refractivity contribution in [2.45, 2.75) is 38.8 Å². The first-order chi connectivity index (χ1) is 13.5. The third kappa shape index (κ3) is 3.73. The molecule has 2 aromatic carbocycles. The summed E-state index contributed by atoms with van der Waals surface area (Å²) in [6.45, 7) is 4.48. The van der Waals surface area contributed by atoms with Gasteiger partial charge in [0.15, 0.2) is 0 Å². The Hall–Kier alpha value is -2.86. The van der Waals surface area contributed by atoms with E-state index < -0.39 is 0 Å². The summed E-state index contributed by atoms with van der Waals surface area (Å²) in [4.78, 5) is 22.0. The van der Waals surface area contributed by atoms with Crippen molar-refractivity contribution in [3.63, 3.8) is 0 Å². The Bertz CT molecular complexity index is 1010. The highest BCUT2D eigenvalue weighted by atomic mass is 19.1. The lowest BCUT2D eigenvalue weighted by molar-refractivity contribution is 0.0672. The molecular formula is C22H22FN3O2. The summed E-state index contributed by atoms with van der Waals surface area (Å²) in [6.07, 6.45) is 1.67. The van der Waals surface area contributed by atoms with Gasteiger partial charge in [-0.3, -0.25) is 4.79 Å². The fourth-order valence-electron chi connectivity index (χ4n) is 3.52. The maximum atomic E-state index is 13.3. The van der Waals surface area contributed by atoms with Crippen LogP contribution in [0.2, 0.25) is 0 Å². The first-order valence-electron chi connectivity index (χ1n) is 9.44. The molecule has 0 radical (unpaired) electrons. The van der Waals surface area contributed by atoms with Gasteiger partial charge in [-0.1, -0.05) is 12.1 Å². The summed E-state index contributed by atoms with van der Waals surface area (Å²) in [7, 11) is 0. The first kappa shape index (κ1) is 18.5. The fourth-order valence-corrected chi connectivity index (χ4v) is 3.52. The third-order valence-corrected chi connectivity index (χ3v) is 5.19. The van der Waals surface area contributed by atoms with Gasteiger partial charge in [-0.25, -0.2) is 14.4 Å². The molecule has 1 N–H and O–H groups in total. The van der Waals surface area contributed by atoms with E-state index in [-0.39, 0.29) is 23.9 Å². The molecule has 144 valence electrons. The molecule has 0 bridgehead atoms. The van der Waals surface area contributed by atoms with Gasteiger partial charge in [0, 0.05) is 12.2 Å². The lowest BCUT2D eigenvalue weighted by Gasteiger charge is -2.25. The zero-order valence-corrected chi connectivity index (χ0v) is 15.9. The normalized spacial score (nSPS) is 17.6. The van der Waals surface area contributed by atoms with E-state index in [2.05, 4.69) is 15.3 Å². The van der Waals surface area contributed by atoms with Crippen molar-refractivity contribution >= 4 is 16.9 Å². The van der Waals surface area contributed by atoms with Gasteiger partial charge >= 0.3 is 0 Å². The smallest absolute Gasteiger partial charge is 0.251 e. The number of benzene rings is 2. The second kappa shape index (κ2) is 7.64. The van der Waals surface area contributed by atoms with Crippen LogP contribution in [-0.4, -0.2) is 28.6 Å². The molecule has 1 fully saturated rings. The van der Waals surface area contributed by atoms with Crippen molar-refractivity contribution < 1.29 is 13.9 Å². The fraction of sp³-hybridized carbons (Fsp3) is 0.318. The number of rotatable bonds is 4. The van der Waals surface area contributed by atoms with Crippen LogP contribution in [0, 0.1) is 19.7 Å². The molecule has 1 amide bonds. The van der Waals surface area contributed by atoms with Crippen LogP contribution < -0.4 is 5.32 Å². The molecule has 5 nitrogen and oxygen atoms in total. The summed E-state index contributed by atoms with van der Waals surface area (Å²) >= 11 is 0. The highest BCUT2D eigenvalue weighted by molar-refractivity contribution is 5.97. The number of carbonyl (C=O) groups excluding carboxylic acids is 1. The molecule has 0 unspecified atom stereocenters. The zero-order valence-electron chi connectivity index (χ0n) is 15.9. The van der Waals surface area contributed by atoms with Crippen molar-refractivity contribution in [3.8, 4) is 0 Å². The molecule has 1 aliphatic rings. The van der Waals surface area contributed by atoms with Crippen molar-refractivity contribution in [2.24, 2.45) is 0 Å². The van der Waals surface area contributed by atoms with E-state index in [1.165, 1.54) is 12.1 Å². The molecule has 28 heavy (non-hydrogen) atoms. The van der Waals surface area contributed by atoms with Crippen molar-refractivity contribution in [2.75, 3.05) is 6.61 Å². The molecule has 2 heterocycles. The molecule has 1 aromatic heterocycles. The number of hydrogen-bond acceptors (Lipinski definition) is 4. The number of halogens is 1. The van der Waals surface area contributed by atoms with Gasteiger partial charge in [-0.15, -0.1) is 0 Å². The summed E-state index contributed by atoms with van der Waals surface area (Å²) in [5.74, 6) is -0.522. The van der Waals surface area contributed by atoms with Gasteiger partial charge in [-0.05, 0) is 62.6 Å².